The third-order valence-electron chi connectivity index (χ3n) is 3.27. The molecule has 3 heteroatoms. The average Bonchev–Trinajstić information content (AvgIpc) is 2.91. The first kappa shape index (κ1) is 13.4. The Morgan fingerprint density at radius 2 is 2.17 bits per heavy atom. The Labute approximate surface area is 109 Å². The molecule has 3 nitrogen and oxygen atoms in total. The zero-order chi connectivity index (χ0) is 12.6. The van der Waals surface area contributed by atoms with Crippen LogP contribution in [0.25, 0.3) is 0 Å². The van der Waals surface area contributed by atoms with Crippen molar-refractivity contribution in [2.75, 3.05) is 13.2 Å². The number of aliphatic hydroxyl groups is 1. The molecule has 2 atom stereocenters. The zero-order valence-electron chi connectivity index (χ0n) is 10.8. The fourth-order valence-corrected chi connectivity index (χ4v) is 2.25. The first-order chi connectivity index (χ1) is 8.84. The number of hydrogen-bond donors (Lipinski definition) is 1. The van der Waals surface area contributed by atoms with E-state index in [2.05, 4.69) is 0 Å². The zero-order valence-corrected chi connectivity index (χ0v) is 10.8. The van der Waals surface area contributed by atoms with Crippen LogP contribution in [0.4, 0.5) is 0 Å². The van der Waals surface area contributed by atoms with Crippen molar-refractivity contribution in [3.05, 3.63) is 30.3 Å². The van der Waals surface area contributed by atoms with E-state index in [1.165, 1.54) is 12.8 Å². The van der Waals surface area contributed by atoms with Crippen molar-refractivity contribution < 1.29 is 14.6 Å². The molecule has 0 amide bonds. The van der Waals surface area contributed by atoms with Crippen LogP contribution in [0.15, 0.2) is 30.3 Å². The van der Waals surface area contributed by atoms with Crippen molar-refractivity contribution in [3.8, 4) is 5.75 Å². The van der Waals surface area contributed by atoms with Crippen molar-refractivity contribution in [2.45, 2.75) is 44.3 Å². The summed E-state index contributed by atoms with van der Waals surface area (Å²) >= 11 is 0. The van der Waals surface area contributed by atoms with Crippen molar-refractivity contribution in [1.29, 1.82) is 0 Å². The van der Waals surface area contributed by atoms with Crippen LogP contribution in [0.1, 0.15) is 32.1 Å². The Morgan fingerprint density at radius 1 is 1.33 bits per heavy atom. The number of ether oxygens (including phenoxy) is 2. The molecule has 1 aromatic carbocycles. The van der Waals surface area contributed by atoms with Crippen LogP contribution in [-0.4, -0.2) is 30.5 Å². The fraction of sp³-hybridized carbons (Fsp3) is 0.600. The number of para-hydroxylation sites is 1. The van der Waals surface area contributed by atoms with Gasteiger partial charge in [-0.25, -0.2) is 0 Å². The third-order valence-corrected chi connectivity index (χ3v) is 3.27. The quantitative estimate of drug-likeness (QED) is 0.808. The van der Waals surface area contributed by atoms with E-state index in [0.717, 1.165) is 31.6 Å². The number of hydrogen-bond acceptors (Lipinski definition) is 3. The molecule has 1 heterocycles. The summed E-state index contributed by atoms with van der Waals surface area (Å²) < 4.78 is 11.1. The Hall–Kier alpha value is -1.06. The highest BCUT2D eigenvalue weighted by Crippen LogP contribution is 2.18. The number of benzene rings is 1. The average molecular weight is 250 g/mol. The van der Waals surface area contributed by atoms with Gasteiger partial charge in [-0.15, -0.1) is 0 Å². The molecule has 0 saturated carbocycles. The van der Waals surface area contributed by atoms with E-state index in [0.29, 0.717) is 12.7 Å². The topological polar surface area (TPSA) is 38.7 Å². The van der Waals surface area contributed by atoms with E-state index in [9.17, 15) is 5.11 Å². The number of aliphatic hydroxyl groups excluding tert-OH is 1. The second kappa shape index (κ2) is 7.39. The molecule has 0 aromatic heterocycles. The monoisotopic (exact) mass is 250 g/mol. The Kier molecular flexibility index (Phi) is 5.49. The lowest BCUT2D eigenvalue weighted by atomic mass is 10.1. The molecule has 2 rings (SSSR count). The second-order valence-electron chi connectivity index (χ2n) is 4.84. The van der Waals surface area contributed by atoms with Crippen LogP contribution in [0.5, 0.6) is 5.75 Å². The minimum atomic E-state index is -0.383. The van der Waals surface area contributed by atoms with Gasteiger partial charge >= 0.3 is 0 Å². The lowest BCUT2D eigenvalue weighted by Gasteiger charge is -2.13. The summed E-state index contributed by atoms with van der Waals surface area (Å²) in [7, 11) is 0. The van der Waals surface area contributed by atoms with Crippen molar-refractivity contribution in [1.82, 2.24) is 0 Å². The van der Waals surface area contributed by atoms with Crippen molar-refractivity contribution in [2.24, 2.45) is 0 Å². The van der Waals surface area contributed by atoms with Crippen LogP contribution < -0.4 is 4.74 Å². The van der Waals surface area contributed by atoms with Gasteiger partial charge in [0, 0.05) is 6.61 Å². The van der Waals surface area contributed by atoms with E-state index in [-0.39, 0.29) is 6.10 Å². The predicted octanol–water partition coefficient (Wildman–Crippen LogP) is 2.78. The lowest BCUT2D eigenvalue weighted by molar-refractivity contribution is 0.0791. The van der Waals surface area contributed by atoms with Crippen LogP contribution >= 0.6 is 0 Å². The highest BCUT2D eigenvalue weighted by molar-refractivity contribution is 5.20. The van der Waals surface area contributed by atoms with Crippen molar-refractivity contribution in [3.63, 3.8) is 0 Å². The first-order valence-electron chi connectivity index (χ1n) is 6.82. The molecule has 1 N–H and O–H groups in total. The molecule has 0 spiro atoms. The summed E-state index contributed by atoms with van der Waals surface area (Å²) in [6.07, 6.45) is 5.25. The van der Waals surface area contributed by atoms with Gasteiger partial charge in [0.05, 0.1) is 12.2 Å². The molecule has 0 radical (unpaired) electrons. The van der Waals surface area contributed by atoms with Gasteiger partial charge in [-0.05, 0) is 44.2 Å². The molecule has 0 bridgehead atoms. The highest BCUT2D eigenvalue weighted by atomic mass is 16.5. The van der Waals surface area contributed by atoms with E-state index in [1.807, 2.05) is 30.3 Å². The van der Waals surface area contributed by atoms with Gasteiger partial charge < -0.3 is 14.6 Å². The lowest BCUT2D eigenvalue weighted by Crippen LogP contribution is -2.18. The first-order valence-corrected chi connectivity index (χ1v) is 6.82. The molecule has 2 unspecified atom stereocenters. The molecule has 100 valence electrons. The van der Waals surface area contributed by atoms with Crippen molar-refractivity contribution >= 4 is 0 Å². The maximum atomic E-state index is 9.82. The Balaban J connectivity index is 1.56. The smallest absolute Gasteiger partial charge is 0.119 e. The summed E-state index contributed by atoms with van der Waals surface area (Å²) in [6, 6.07) is 9.61. The summed E-state index contributed by atoms with van der Waals surface area (Å²) in [5.74, 6) is 0.815. The molecule has 1 aliphatic rings. The molecular weight excluding hydrogens is 228 g/mol. The van der Waals surface area contributed by atoms with Gasteiger partial charge in [-0.1, -0.05) is 18.2 Å². The molecule has 1 aromatic rings. The summed E-state index contributed by atoms with van der Waals surface area (Å²) in [5.41, 5.74) is 0. The van der Waals surface area contributed by atoms with Gasteiger partial charge in [0.2, 0.25) is 0 Å². The van der Waals surface area contributed by atoms with E-state index in [1.54, 1.807) is 0 Å². The SMILES string of the molecule is OC(CCCC1CCCO1)COc1ccccc1. The molecule has 18 heavy (non-hydrogen) atoms. The van der Waals surface area contributed by atoms with E-state index < -0.39 is 0 Å². The summed E-state index contributed by atoms with van der Waals surface area (Å²) in [6.45, 7) is 1.28. The van der Waals surface area contributed by atoms with Gasteiger partial charge in [-0.2, -0.15) is 0 Å². The predicted molar refractivity (Wildman–Crippen MR) is 70.8 cm³/mol. The molecular formula is C15H22O3. The van der Waals surface area contributed by atoms with Crippen LogP contribution in [0.3, 0.4) is 0 Å². The Bertz CT molecular complexity index is 320. The second-order valence-corrected chi connectivity index (χ2v) is 4.84. The summed E-state index contributed by atoms with van der Waals surface area (Å²) in [5, 5.41) is 9.82. The normalized spacial score (nSPS) is 20.8. The van der Waals surface area contributed by atoms with Crippen LogP contribution in [-0.2, 0) is 4.74 Å². The number of rotatable bonds is 7. The molecule has 1 saturated heterocycles. The largest absolute Gasteiger partial charge is 0.491 e. The minimum absolute atomic E-state index is 0.371. The molecule has 0 aliphatic carbocycles. The fourth-order valence-electron chi connectivity index (χ4n) is 2.25. The van der Waals surface area contributed by atoms with Crippen LogP contribution in [0, 0.1) is 0 Å². The van der Waals surface area contributed by atoms with Gasteiger partial charge in [-0.3, -0.25) is 0 Å². The van der Waals surface area contributed by atoms with Gasteiger partial charge in [0.25, 0.3) is 0 Å². The van der Waals surface area contributed by atoms with Gasteiger partial charge in [0.1, 0.15) is 12.4 Å². The standard InChI is InChI=1S/C15H22O3/c16-13(6-4-9-14-10-5-11-17-14)12-18-15-7-2-1-3-8-15/h1-3,7-8,13-14,16H,4-6,9-12H2. The Morgan fingerprint density at radius 3 is 2.89 bits per heavy atom. The third kappa shape index (κ3) is 4.67. The summed E-state index contributed by atoms with van der Waals surface area (Å²) in [4.78, 5) is 0. The highest BCUT2D eigenvalue weighted by Gasteiger charge is 2.15. The van der Waals surface area contributed by atoms with E-state index >= 15 is 0 Å². The van der Waals surface area contributed by atoms with E-state index in [4.69, 9.17) is 9.47 Å². The molecule has 1 fully saturated rings. The minimum Gasteiger partial charge on any atom is -0.491 e. The van der Waals surface area contributed by atoms with Crippen LogP contribution in [0.2, 0.25) is 0 Å². The van der Waals surface area contributed by atoms with Gasteiger partial charge in [0.15, 0.2) is 0 Å². The maximum absolute atomic E-state index is 9.82. The maximum Gasteiger partial charge on any atom is 0.119 e. The molecule has 1 aliphatic heterocycles.